The Balaban J connectivity index is 1.55. The second kappa shape index (κ2) is 8.20. The van der Waals surface area contributed by atoms with Crippen molar-refractivity contribution in [3.8, 4) is 11.4 Å². The molecule has 160 valence electrons. The lowest BCUT2D eigenvalue weighted by Crippen LogP contribution is -2.19. The van der Waals surface area contributed by atoms with Gasteiger partial charge in [-0.05, 0) is 37.3 Å². The van der Waals surface area contributed by atoms with E-state index >= 15 is 0 Å². The zero-order valence-electron chi connectivity index (χ0n) is 15.9. The van der Waals surface area contributed by atoms with E-state index in [1.165, 1.54) is 22.9 Å². The van der Waals surface area contributed by atoms with Crippen molar-refractivity contribution in [3.05, 3.63) is 64.9 Å². The number of aryl methyl sites for hydroxylation is 1. The topological polar surface area (TPSA) is 69.0 Å². The molecule has 0 radical (unpaired) electrons. The van der Waals surface area contributed by atoms with Crippen LogP contribution in [0.2, 0.25) is 5.15 Å². The largest absolute Gasteiger partial charge is 0.484 e. The molecule has 0 unspecified atom stereocenters. The van der Waals surface area contributed by atoms with Crippen molar-refractivity contribution in [2.24, 2.45) is 0 Å². The standard InChI is InChI=1S/C20H14ClF3N4O2S/c1-11-16(17(21)28(27-11)12-5-3-2-4-6-12)18(29)26-19-25-14-8-7-13(9-15(14)31-19)30-10-20(22,23)24/h2-9H,10H2,1H3,(H,25,26,29). The van der Waals surface area contributed by atoms with E-state index in [1.807, 2.05) is 30.3 Å². The molecule has 2 aromatic heterocycles. The number of anilines is 1. The molecule has 11 heteroatoms. The zero-order chi connectivity index (χ0) is 22.2. The van der Waals surface area contributed by atoms with Crippen LogP contribution in [0.5, 0.6) is 5.75 Å². The van der Waals surface area contributed by atoms with Crippen molar-refractivity contribution < 1.29 is 22.7 Å². The maximum absolute atomic E-state index is 12.8. The fraction of sp³-hybridized carbons (Fsp3) is 0.150. The molecular formula is C20H14ClF3N4O2S. The van der Waals surface area contributed by atoms with Crippen LogP contribution in [-0.4, -0.2) is 33.5 Å². The van der Waals surface area contributed by atoms with E-state index in [0.717, 1.165) is 11.3 Å². The number of alkyl halides is 3. The molecule has 0 fully saturated rings. The number of amides is 1. The Hall–Kier alpha value is -3.11. The predicted molar refractivity (Wildman–Crippen MR) is 112 cm³/mol. The SMILES string of the molecule is Cc1nn(-c2ccccc2)c(Cl)c1C(=O)Nc1nc2ccc(OCC(F)(F)F)cc2s1. The Kier molecular flexibility index (Phi) is 5.59. The van der Waals surface area contributed by atoms with Crippen LogP contribution in [0.25, 0.3) is 15.9 Å². The van der Waals surface area contributed by atoms with E-state index in [1.54, 1.807) is 6.92 Å². The average molecular weight is 467 g/mol. The van der Waals surface area contributed by atoms with Gasteiger partial charge in [-0.1, -0.05) is 41.1 Å². The van der Waals surface area contributed by atoms with Gasteiger partial charge in [0.1, 0.15) is 16.5 Å². The van der Waals surface area contributed by atoms with Gasteiger partial charge >= 0.3 is 6.18 Å². The number of benzene rings is 2. The summed E-state index contributed by atoms with van der Waals surface area (Å²) in [5, 5.41) is 7.45. The summed E-state index contributed by atoms with van der Waals surface area (Å²) in [6.07, 6.45) is -4.43. The molecule has 0 aliphatic carbocycles. The van der Waals surface area contributed by atoms with Crippen molar-refractivity contribution >= 4 is 44.2 Å². The van der Waals surface area contributed by atoms with Gasteiger partial charge in [-0.15, -0.1) is 0 Å². The summed E-state index contributed by atoms with van der Waals surface area (Å²) >= 11 is 7.52. The van der Waals surface area contributed by atoms with Crippen LogP contribution >= 0.6 is 22.9 Å². The monoisotopic (exact) mass is 466 g/mol. The average Bonchev–Trinajstić information content (AvgIpc) is 3.25. The second-order valence-electron chi connectivity index (χ2n) is 6.51. The van der Waals surface area contributed by atoms with Crippen molar-refractivity contribution in [2.45, 2.75) is 13.1 Å². The van der Waals surface area contributed by atoms with Crippen LogP contribution < -0.4 is 10.1 Å². The minimum atomic E-state index is -4.43. The van der Waals surface area contributed by atoms with Gasteiger partial charge in [-0.3, -0.25) is 10.1 Å². The number of carbonyl (C=O) groups excluding carboxylic acids is 1. The molecule has 0 saturated carbocycles. The molecule has 0 spiro atoms. The van der Waals surface area contributed by atoms with Gasteiger partial charge in [0.2, 0.25) is 0 Å². The summed E-state index contributed by atoms with van der Waals surface area (Å²) in [5.41, 5.74) is 1.87. The number of halogens is 4. The summed E-state index contributed by atoms with van der Waals surface area (Å²) < 4.78 is 43.8. The van der Waals surface area contributed by atoms with Crippen molar-refractivity contribution in [2.75, 3.05) is 11.9 Å². The van der Waals surface area contributed by atoms with Crippen LogP contribution in [0.15, 0.2) is 48.5 Å². The minimum absolute atomic E-state index is 0.0642. The maximum Gasteiger partial charge on any atom is 0.422 e. The van der Waals surface area contributed by atoms with Gasteiger partial charge in [0.05, 0.1) is 21.6 Å². The van der Waals surface area contributed by atoms with Crippen LogP contribution in [0.3, 0.4) is 0 Å². The van der Waals surface area contributed by atoms with Crippen molar-refractivity contribution in [1.29, 1.82) is 0 Å². The van der Waals surface area contributed by atoms with Crippen molar-refractivity contribution in [3.63, 3.8) is 0 Å². The molecule has 0 aliphatic heterocycles. The van der Waals surface area contributed by atoms with E-state index in [9.17, 15) is 18.0 Å². The number of hydrogen-bond acceptors (Lipinski definition) is 5. The Morgan fingerprint density at radius 3 is 2.68 bits per heavy atom. The first-order valence-corrected chi connectivity index (χ1v) is 10.1. The lowest BCUT2D eigenvalue weighted by molar-refractivity contribution is -0.153. The molecule has 0 aliphatic rings. The van der Waals surface area contributed by atoms with Crippen molar-refractivity contribution in [1.82, 2.24) is 14.8 Å². The van der Waals surface area contributed by atoms with Crippen LogP contribution in [0, 0.1) is 6.92 Å². The molecule has 0 saturated heterocycles. The molecule has 2 aromatic carbocycles. The zero-order valence-corrected chi connectivity index (χ0v) is 17.5. The normalized spacial score (nSPS) is 11.6. The Morgan fingerprint density at radius 2 is 1.97 bits per heavy atom. The van der Waals surface area contributed by atoms with E-state index in [2.05, 4.69) is 15.4 Å². The van der Waals surface area contributed by atoms with E-state index in [-0.39, 0.29) is 21.6 Å². The van der Waals surface area contributed by atoms with Gasteiger partial charge in [0.15, 0.2) is 11.7 Å². The second-order valence-corrected chi connectivity index (χ2v) is 7.89. The quantitative estimate of drug-likeness (QED) is 0.413. The third kappa shape index (κ3) is 4.64. The molecule has 31 heavy (non-hydrogen) atoms. The highest BCUT2D eigenvalue weighted by atomic mass is 35.5. The summed E-state index contributed by atoms with van der Waals surface area (Å²) in [7, 11) is 0. The third-order valence-corrected chi connectivity index (χ3v) is 5.50. The minimum Gasteiger partial charge on any atom is -0.484 e. The van der Waals surface area contributed by atoms with Gasteiger partial charge < -0.3 is 4.74 Å². The lowest BCUT2D eigenvalue weighted by atomic mass is 10.2. The Bertz CT molecular complexity index is 1250. The maximum atomic E-state index is 12.8. The highest BCUT2D eigenvalue weighted by molar-refractivity contribution is 7.22. The Morgan fingerprint density at radius 1 is 1.23 bits per heavy atom. The summed E-state index contributed by atoms with van der Waals surface area (Å²) in [5.74, 6) is -0.424. The number of rotatable bonds is 5. The lowest BCUT2D eigenvalue weighted by Gasteiger charge is -2.08. The summed E-state index contributed by atoms with van der Waals surface area (Å²) in [6, 6.07) is 13.5. The number of aromatic nitrogens is 3. The number of carbonyl (C=O) groups is 1. The predicted octanol–water partition coefficient (Wildman–Crippen LogP) is 5.64. The number of fused-ring (bicyclic) bond motifs is 1. The molecular weight excluding hydrogens is 453 g/mol. The van der Waals surface area contributed by atoms with Gasteiger partial charge in [0.25, 0.3) is 5.91 Å². The fourth-order valence-electron chi connectivity index (χ4n) is 2.87. The first-order chi connectivity index (χ1) is 14.7. The number of nitrogens with one attached hydrogen (secondary N) is 1. The molecule has 4 aromatic rings. The van der Waals surface area contributed by atoms with Crippen LogP contribution in [0.1, 0.15) is 16.1 Å². The third-order valence-electron chi connectivity index (χ3n) is 4.21. The molecule has 1 N–H and O–H groups in total. The van der Waals surface area contributed by atoms with Crippen LogP contribution in [0.4, 0.5) is 18.3 Å². The number of para-hydroxylation sites is 1. The molecule has 0 bridgehead atoms. The van der Waals surface area contributed by atoms with Crippen LogP contribution in [-0.2, 0) is 0 Å². The smallest absolute Gasteiger partial charge is 0.422 e. The van der Waals surface area contributed by atoms with E-state index < -0.39 is 18.7 Å². The Labute approximate surface area is 183 Å². The van der Waals surface area contributed by atoms with E-state index in [4.69, 9.17) is 16.3 Å². The fourth-order valence-corrected chi connectivity index (χ4v) is 4.12. The molecule has 4 rings (SSSR count). The highest BCUT2D eigenvalue weighted by Gasteiger charge is 2.28. The molecule has 6 nitrogen and oxygen atoms in total. The van der Waals surface area contributed by atoms with E-state index in [0.29, 0.717) is 21.6 Å². The van der Waals surface area contributed by atoms with Gasteiger partial charge in [0, 0.05) is 0 Å². The molecule has 2 heterocycles. The van der Waals surface area contributed by atoms with Gasteiger partial charge in [-0.25, -0.2) is 9.67 Å². The number of hydrogen-bond donors (Lipinski definition) is 1. The molecule has 0 atom stereocenters. The summed E-state index contributed by atoms with van der Waals surface area (Å²) in [6.45, 7) is 0.285. The number of ether oxygens (including phenoxy) is 1. The first kappa shape index (κ1) is 21.1. The first-order valence-electron chi connectivity index (χ1n) is 8.93. The summed E-state index contributed by atoms with van der Waals surface area (Å²) in [4.78, 5) is 17.1. The van der Waals surface area contributed by atoms with Gasteiger partial charge in [-0.2, -0.15) is 18.3 Å². The highest BCUT2D eigenvalue weighted by Crippen LogP contribution is 2.31. The number of thiazole rings is 1. The molecule has 1 amide bonds. The number of nitrogens with zero attached hydrogens (tertiary/aromatic N) is 3.